The molecule has 0 aliphatic heterocycles. The smallest absolute Gasteiger partial charge is 0.358 e. The van der Waals surface area contributed by atoms with Crippen LogP contribution in [-0.2, 0) is 6.54 Å². The molecule has 0 saturated carbocycles. The number of aromatic nitrogens is 3. The molecule has 7 heteroatoms. The molecule has 1 N–H and O–H groups in total. The van der Waals surface area contributed by atoms with Crippen molar-refractivity contribution in [1.82, 2.24) is 15.0 Å². The number of hydrogen-bond acceptors (Lipinski definition) is 5. The van der Waals surface area contributed by atoms with Crippen molar-refractivity contribution < 1.29 is 19.4 Å². The summed E-state index contributed by atoms with van der Waals surface area (Å²) in [5, 5.41) is 17.2. The average Bonchev–Trinajstić information content (AvgIpc) is 2.98. The fraction of sp³-hybridized carbons (Fsp3) is 0.438. The molecule has 124 valence electrons. The van der Waals surface area contributed by atoms with E-state index < -0.39 is 5.97 Å². The molecule has 0 bridgehead atoms. The quantitative estimate of drug-likeness (QED) is 0.753. The van der Waals surface area contributed by atoms with Crippen molar-refractivity contribution in [2.75, 3.05) is 14.2 Å². The van der Waals surface area contributed by atoms with Gasteiger partial charge in [-0.05, 0) is 18.6 Å². The van der Waals surface area contributed by atoms with Crippen molar-refractivity contribution in [2.24, 2.45) is 0 Å². The molecule has 2 aromatic rings. The van der Waals surface area contributed by atoms with Crippen LogP contribution in [0.5, 0.6) is 11.5 Å². The van der Waals surface area contributed by atoms with Crippen LogP contribution in [-0.4, -0.2) is 40.3 Å². The molecule has 0 aliphatic carbocycles. The Kier molecular flexibility index (Phi) is 5.56. The molecular formula is C16H21N3O4. The molecule has 0 spiro atoms. The van der Waals surface area contributed by atoms with Gasteiger partial charge < -0.3 is 14.6 Å². The molecule has 2 rings (SSSR count). The minimum absolute atomic E-state index is 0.0724. The van der Waals surface area contributed by atoms with Crippen LogP contribution in [0.15, 0.2) is 18.2 Å². The first-order valence-corrected chi connectivity index (χ1v) is 7.51. The molecule has 7 nitrogen and oxygen atoms in total. The number of methoxy groups -OCH3 is 2. The number of carboxylic acids is 1. The topological polar surface area (TPSA) is 86.5 Å². The molecule has 0 atom stereocenters. The Labute approximate surface area is 134 Å². The van der Waals surface area contributed by atoms with Gasteiger partial charge in [-0.2, -0.15) is 0 Å². The van der Waals surface area contributed by atoms with E-state index in [-0.39, 0.29) is 5.69 Å². The SMILES string of the molecule is CCCCCn1nnc(C(=O)O)c1-c1cc(OC)cc(OC)c1. The molecule has 0 amide bonds. The number of benzene rings is 1. The number of hydrogen-bond donors (Lipinski definition) is 1. The lowest BCUT2D eigenvalue weighted by Gasteiger charge is -2.11. The van der Waals surface area contributed by atoms with E-state index in [1.54, 1.807) is 37.1 Å². The first-order valence-electron chi connectivity index (χ1n) is 7.51. The van der Waals surface area contributed by atoms with Crippen LogP contribution in [0.2, 0.25) is 0 Å². The summed E-state index contributed by atoms with van der Waals surface area (Å²) in [5.74, 6) is 0.0533. The van der Waals surface area contributed by atoms with Crippen LogP contribution >= 0.6 is 0 Å². The van der Waals surface area contributed by atoms with Gasteiger partial charge in [0.05, 0.1) is 14.2 Å². The highest BCUT2D eigenvalue weighted by atomic mass is 16.5. The summed E-state index contributed by atoms with van der Waals surface area (Å²) in [6, 6.07) is 5.24. The molecule has 0 saturated heterocycles. The highest BCUT2D eigenvalue weighted by Crippen LogP contribution is 2.31. The van der Waals surface area contributed by atoms with E-state index >= 15 is 0 Å². The predicted octanol–water partition coefficient (Wildman–Crippen LogP) is 2.85. The summed E-state index contributed by atoms with van der Waals surface area (Å²) < 4.78 is 12.1. The molecule has 1 aromatic carbocycles. The maximum Gasteiger partial charge on any atom is 0.358 e. The molecular weight excluding hydrogens is 298 g/mol. The monoisotopic (exact) mass is 319 g/mol. The molecule has 0 aliphatic rings. The summed E-state index contributed by atoms with van der Waals surface area (Å²) >= 11 is 0. The van der Waals surface area contributed by atoms with E-state index in [4.69, 9.17) is 9.47 Å². The van der Waals surface area contributed by atoms with Crippen molar-refractivity contribution in [1.29, 1.82) is 0 Å². The fourth-order valence-corrected chi connectivity index (χ4v) is 2.36. The number of ether oxygens (including phenoxy) is 2. The third-order valence-corrected chi connectivity index (χ3v) is 3.54. The van der Waals surface area contributed by atoms with E-state index in [0.29, 0.717) is 29.3 Å². The van der Waals surface area contributed by atoms with Crippen molar-refractivity contribution in [3.8, 4) is 22.8 Å². The molecule has 1 heterocycles. The number of aromatic carboxylic acids is 1. The van der Waals surface area contributed by atoms with Crippen molar-refractivity contribution >= 4 is 5.97 Å². The zero-order chi connectivity index (χ0) is 16.8. The summed E-state index contributed by atoms with van der Waals surface area (Å²) in [6.07, 6.45) is 3.03. The third-order valence-electron chi connectivity index (χ3n) is 3.54. The largest absolute Gasteiger partial charge is 0.497 e. The van der Waals surface area contributed by atoms with Crippen LogP contribution < -0.4 is 9.47 Å². The van der Waals surface area contributed by atoms with Gasteiger partial charge in [-0.25, -0.2) is 9.48 Å². The second-order valence-corrected chi connectivity index (χ2v) is 5.12. The number of rotatable bonds is 8. The second-order valence-electron chi connectivity index (χ2n) is 5.12. The minimum atomic E-state index is -1.11. The Bertz CT molecular complexity index is 660. The Hall–Kier alpha value is -2.57. The fourth-order valence-electron chi connectivity index (χ4n) is 2.36. The maximum absolute atomic E-state index is 11.5. The van der Waals surface area contributed by atoms with Crippen LogP contribution in [0.1, 0.15) is 36.7 Å². The van der Waals surface area contributed by atoms with Crippen LogP contribution in [0.25, 0.3) is 11.3 Å². The van der Waals surface area contributed by atoms with Gasteiger partial charge in [0.25, 0.3) is 0 Å². The number of nitrogens with zero attached hydrogens (tertiary/aromatic N) is 3. The maximum atomic E-state index is 11.5. The van der Waals surface area contributed by atoms with Gasteiger partial charge in [0, 0.05) is 18.2 Å². The lowest BCUT2D eigenvalue weighted by atomic mass is 10.1. The number of unbranched alkanes of at least 4 members (excludes halogenated alkanes) is 2. The molecule has 0 fully saturated rings. The summed E-state index contributed by atoms with van der Waals surface area (Å²) in [6.45, 7) is 2.72. The minimum Gasteiger partial charge on any atom is -0.497 e. The Morgan fingerprint density at radius 2 is 1.83 bits per heavy atom. The Balaban J connectivity index is 2.51. The second kappa shape index (κ2) is 7.62. The van der Waals surface area contributed by atoms with E-state index in [1.165, 1.54) is 0 Å². The normalized spacial score (nSPS) is 10.6. The average molecular weight is 319 g/mol. The van der Waals surface area contributed by atoms with Gasteiger partial charge in [0.1, 0.15) is 17.2 Å². The van der Waals surface area contributed by atoms with Gasteiger partial charge in [0.15, 0.2) is 5.69 Å². The van der Waals surface area contributed by atoms with E-state index in [9.17, 15) is 9.90 Å². The van der Waals surface area contributed by atoms with E-state index in [0.717, 1.165) is 19.3 Å². The number of carbonyl (C=O) groups is 1. The Morgan fingerprint density at radius 1 is 1.17 bits per heavy atom. The van der Waals surface area contributed by atoms with Gasteiger partial charge in [-0.3, -0.25) is 0 Å². The van der Waals surface area contributed by atoms with Gasteiger partial charge in [-0.1, -0.05) is 25.0 Å². The van der Waals surface area contributed by atoms with Crippen molar-refractivity contribution in [3.63, 3.8) is 0 Å². The zero-order valence-corrected chi connectivity index (χ0v) is 13.6. The Morgan fingerprint density at radius 3 is 2.35 bits per heavy atom. The lowest BCUT2D eigenvalue weighted by molar-refractivity contribution is 0.0691. The molecule has 0 unspecified atom stereocenters. The predicted molar refractivity (Wildman–Crippen MR) is 85.0 cm³/mol. The summed E-state index contributed by atoms with van der Waals surface area (Å²) in [7, 11) is 3.10. The summed E-state index contributed by atoms with van der Waals surface area (Å²) in [4.78, 5) is 11.5. The molecule has 0 radical (unpaired) electrons. The van der Waals surface area contributed by atoms with Crippen LogP contribution in [0, 0.1) is 0 Å². The standard InChI is InChI=1S/C16H21N3O4/c1-4-5-6-7-19-15(14(16(20)21)17-18-19)11-8-12(22-2)10-13(9-11)23-3/h8-10H,4-7H2,1-3H3,(H,20,21). The zero-order valence-electron chi connectivity index (χ0n) is 13.6. The van der Waals surface area contributed by atoms with Crippen molar-refractivity contribution in [2.45, 2.75) is 32.7 Å². The number of carboxylic acid groups (broad SMARTS) is 1. The number of aryl methyl sites for hydroxylation is 1. The highest BCUT2D eigenvalue weighted by molar-refractivity contribution is 5.93. The lowest BCUT2D eigenvalue weighted by Crippen LogP contribution is -2.05. The molecule has 23 heavy (non-hydrogen) atoms. The van der Waals surface area contributed by atoms with Crippen molar-refractivity contribution in [3.05, 3.63) is 23.9 Å². The van der Waals surface area contributed by atoms with E-state index in [1.807, 2.05) is 0 Å². The first kappa shape index (κ1) is 16.8. The highest BCUT2D eigenvalue weighted by Gasteiger charge is 2.21. The first-order chi connectivity index (χ1) is 11.1. The molecule has 1 aromatic heterocycles. The van der Waals surface area contributed by atoms with Crippen LogP contribution in [0.3, 0.4) is 0 Å². The van der Waals surface area contributed by atoms with Gasteiger partial charge in [-0.15, -0.1) is 5.10 Å². The van der Waals surface area contributed by atoms with Gasteiger partial charge in [0.2, 0.25) is 0 Å². The third kappa shape index (κ3) is 3.80. The van der Waals surface area contributed by atoms with Crippen LogP contribution in [0.4, 0.5) is 0 Å². The van der Waals surface area contributed by atoms with E-state index in [2.05, 4.69) is 17.2 Å². The van der Waals surface area contributed by atoms with Gasteiger partial charge >= 0.3 is 5.97 Å². The summed E-state index contributed by atoms with van der Waals surface area (Å²) in [5.41, 5.74) is 1.04.